The number of sulfonamides is 1. The molecule has 0 unspecified atom stereocenters. The zero-order valence-corrected chi connectivity index (χ0v) is 21.0. The van der Waals surface area contributed by atoms with E-state index in [1.807, 2.05) is 26.0 Å². The lowest BCUT2D eigenvalue weighted by Crippen LogP contribution is -2.52. The summed E-state index contributed by atoms with van der Waals surface area (Å²) in [5.74, 6) is -1.75. The molecular formula is C23H26BrN3O5S. The summed E-state index contributed by atoms with van der Waals surface area (Å²) in [7, 11) is -4.14. The average molecular weight is 536 g/mol. The van der Waals surface area contributed by atoms with E-state index in [0.29, 0.717) is 4.31 Å². The van der Waals surface area contributed by atoms with E-state index < -0.39 is 34.4 Å². The monoisotopic (exact) mass is 535 g/mol. The molecule has 1 N–H and O–H groups in total. The number of nitrogens with zero attached hydrogens (tertiary/aromatic N) is 2. The topological polar surface area (TPSA) is 104 Å². The van der Waals surface area contributed by atoms with Crippen LogP contribution in [-0.4, -0.2) is 54.0 Å². The fourth-order valence-electron chi connectivity index (χ4n) is 3.44. The highest BCUT2D eigenvalue weighted by molar-refractivity contribution is 9.10. The maximum atomic E-state index is 13.3. The van der Waals surface area contributed by atoms with Crippen LogP contribution in [0.4, 0.5) is 0 Å². The van der Waals surface area contributed by atoms with Gasteiger partial charge in [0, 0.05) is 17.1 Å². The fourth-order valence-corrected chi connectivity index (χ4v) is 5.22. The van der Waals surface area contributed by atoms with E-state index in [9.17, 15) is 22.8 Å². The standard InChI is InChI=1S/C23H26BrN3O5S/c1-4-15(2)25-22(29)16(3)26(13-17-9-11-18(24)12-10-17)21(28)14-27-23(30)19-7-5-6-8-20(19)33(27,31)32/h5-12,15-16H,4,13-14H2,1-3H3,(H,25,29)/t15-,16-/m1/s1. The highest BCUT2D eigenvalue weighted by atomic mass is 79.9. The number of hydrogen-bond acceptors (Lipinski definition) is 5. The lowest BCUT2D eigenvalue weighted by atomic mass is 10.1. The molecule has 0 saturated heterocycles. The Kier molecular flexibility index (Phi) is 7.58. The zero-order valence-electron chi connectivity index (χ0n) is 18.6. The number of hydrogen-bond donors (Lipinski definition) is 1. The third-order valence-corrected chi connectivity index (χ3v) is 7.94. The van der Waals surface area contributed by atoms with Crippen molar-refractivity contribution in [3.05, 3.63) is 64.1 Å². The lowest BCUT2D eigenvalue weighted by molar-refractivity contribution is -0.140. The number of nitrogens with one attached hydrogen (secondary N) is 1. The smallest absolute Gasteiger partial charge is 0.269 e. The predicted octanol–water partition coefficient (Wildman–Crippen LogP) is 2.93. The normalized spacial score (nSPS) is 16.1. The molecule has 0 spiro atoms. The molecule has 0 bridgehead atoms. The number of benzene rings is 2. The second-order valence-corrected chi connectivity index (χ2v) is 10.7. The molecule has 3 rings (SSSR count). The number of fused-ring (bicyclic) bond motifs is 1. The Morgan fingerprint density at radius 1 is 1.09 bits per heavy atom. The van der Waals surface area contributed by atoms with Gasteiger partial charge in [-0.1, -0.05) is 47.1 Å². The van der Waals surface area contributed by atoms with Crippen LogP contribution in [0, 0.1) is 0 Å². The summed E-state index contributed by atoms with van der Waals surface area (Å²) < 4.78 is 27.2. The van der Waals surface area contributed by atoms with Crippen molar-refractivity contribution in [2.24, 2.45) is 0 Å². The van der Waals surface area contributed by atoms with Gasteiger partial charge in [0.15, 0.2) is 0 Å². The van der Waals surface area contributed by atoms with E-state index in [4.69, 9.17) is 0 Å². The summed E-state index contributed by atoms with van der Waals surface area (Å²) in [6, 6.07) is 12.1. The molecule has 1 heterocycles. The molecule has 3 amide bonds. The summed E-state index contributed by atoms with van der Waals surface area (Å²) in [4.78, 5) is 40.1. The summed E-state index contributed by atoms with van der Waals surface area (Å²) in [6.45, 7) is 4.77. The Bertz CT molecular complexity index is 1170. The molecule has 10 heteroatoms. The van der Waals surface area contributed by atoms with Crippen molar-refractivity contribution in [3.63, 3.8) is 0 Å². The van der Waals surface area contributed by atoms with Gasteiger partial charge >= 0.3 is 0 Å². The molecule has 1 aliphatic rings. The largest absolute Gasteiger partial charge is 0.352 e. The van der Waals surface area contributed by atoms with Crippen LogP contribution < -0.4 is 5.32 Å². The van der Waals surface area contributed by atoms with Crippen molar-refractivity contribution in [2.45, 2.75) is 50.7 Å². The third-order valence-electron chi connectivity index (χ3n) is 5.63. The Balaban J connectivity index is 1.88. The van der Waals surface area contributed by atoms with Crippen molar-refractivity contribution in [2.75, 3.05) is 6.54 Å². The number of amides is 3. The first-order chi connectivity index (χ1) is 15.6. The fraction of sp³-hybridized carbons (Fsp3) is 0.348. The number of halogens is 1. The highest BCUT2D eigenvalue weighted by Gasteiger charge is 2.43. The van der Waals surface area contributed by atoms with Crippen LogP contribution in [-0.2, 0) is 26.2 Å². The van der Waals surface area contributed by atoms with Crippen LogP contribution in [0.2, 0.25) is 0 Å². The van der Waals surface area contributed by atoms with Crippen molar-refractivity contribution in [1.82, 2.24) is 14.5 Å². The van der Waals surface area contributed by atoms with Gasteiger partial charge < -0.3 is 10.2 Å². The first kappa shape index (κ1) is 24.9. The zero-order chi connectivity index (χ0) is 24.3. The highest BCUT2D eigenvalue weighted by Crippen LogP contribution is 2.30. The van der Waals surface area contributed by atoms with E-state index in [-0.39, 0.29) is 29.0 Å². The molecule has 2 atom stereocenters. The van der Waals surface area contributed by atoms with Crippen LogP contribution in [0.3, 0.4) is 0 Å². The Hall–Kier alpha value is -2.72. The van der Waals surface area contributed by atoms with Gasteiger partial charge in [0.05, 0.1) is 5.56 Å². The summed E-state index contributed by atoms with van der Waals surface area (Å²) in [5.41, 5.74) is 0.793. The first-order valence-electron chi connectivity index (χ1n) is 10.6. The van der Waals surface area contributed by atoms with Gasteiger partial charge in [0.1, 0.15) is 17.5 Å². The van der Waals surface area contributed by atoms with E-state index in [0.717, 1.165) is 16.5 Å². The van der Waals surface area contributed by atoms with Crippen molar-refractivity contribution < 1.29 is 22.8 Å². The minimum absolute atomic E-state index is 0.0346. The van der Waals surface area contributed by atoms with Crippen LogP contribution in [0.1, 0.15) is 43.1 Å². The second kappa shape index (κ2) is 10.0. The molecule has 0 fully saturated rings. The van der Waals surface area contributed by atoms with Gasteiger partial charge in [0.25, 0.3) is 15.9 Å². The van der Waals surface area contributed by atoms with Gasteiger partial charge in [-0.05, 0) is 50.1 Å². The van der Waals surface area contributed by atoms with Crippen LogP contribution in [0.5, 0.6) is 0 Å². The maximum absolute atomic E-state index is 13.3. The van der Waals surface area contributed by atoms with E-state index in [2.05, 4.69) is 21.2 Å². The molecular weight excluding hydrogens is 510 g/mol. The van der Waals surface area contributed by atoms with Crippen LogP contribution >= 0.6 is 15.9 Å². The molecule has 2 aromatic carbocycles. The number of rotatable bonds is 8. The molecule has 176 valence electrons. The van der Waals surface area contributed by atoms with Crippen LogP contribution in [0.25, 0.3) is 0 Å². The molecule has 0 radical (unpaired) electrons. The summed E-state index contributed by atoms with van der Waals surface area (Å²) in [5, 5.41) is 2.85. The van der Waals surface area contributed by atoms with Crippen molar-refractivity contribution in [3.8, 4) is 0 Å². The van der Waals surface area contributed by atoms with Crippen molar-refractivity contribution >= 4 is 43.7 Å². The van der Waals surface area contributed by atoms with Gasteiger partial charge in [-0.2, -0.15) is 0 Å². The lowest BCUT2D eigenvalue weighted by Gasteiger charge is -2.30. The molecule has 0 aliphatic carbocycles. The molecule has 33 heavy (non-hydrogen) atoms. The maximum Gasteiger partial charge on any atom is 0.269 e. The van der Waals surface area contributed by atoms with E-state index >= 15 is 0 Å². The van der Waals surface area contributed by atoms with Crippen LogP contribution in [0.15, 0.2) is 57.9 Å². The van der Waals surface area contributed by atoms with E-state index in [1.165, 1.54) is 23.1 Å². The van der Waals surface area contributed by atoms with Gasteiger partial charge in [-0.3, -0.25) is 14.4 Å². The second-order valence-electron chi connectivity index (χ2n) is 7.95. The molecule has 8 nitrogen and oxygen atoms in total. The minimum Gasteiger partial charge on any atom is -0.352 e. The molecule has 2 aromatic rings. The minimum atomic E-state index is -4.14. The Morgan fingerprint density at radius 2 is 1.73 bits per heavy atom. The van der Waals surface area contributed by atoms with E-state index in [1.54, 1.807) is 25.1 Å². The Labute approximate surface area is 202 Å². The third kappa shape index (κ3) is 5.27. The molecule has 0 aromatic heterocycles. The number of carbonyl (C=O) groups excluding carboxylic acids is 3. The first-order valence-corrected chi connectivity index (χ1v) is 12.8. The average Bonchev–Trinajstić information content (AvgIpc) is 2.98. The van der Waals surface area contributed by atoms with Gasteiger partial charge in [-0.25, -0.2) is 12.7 Å². The van der Waals surface area contributed by atoms with Crippen molar-refractivity contribution in [1.29, 1.82) is 0 Å². The summed E-state index contributed by atoms with van der Waals surface area (Å²) in [6.07, 6.45) is 0.720. The van der Waals surface area contributed by atoms with Gasteiger partial charge in [-0.15, -0.1) is 0 Å². The summed E-state index contributed by atoms with van der Waals surface area (Å²) >= 11 is 3.36. The SMILES string of the molecule is CC[C@@H](C)NC(=O)[C@@H](C)N(Cc1ccc(Br)cc1)C(=O)CN1C(=O)c2ccccc2S1(=O)=O. The quantitative estimate of drug-likeness (QED) is 0.559. The Morgan fingerprint density at radius 3 is 2.33 bits per heavy atom. The molecule has 1 aliphatic heterocycles. The predicted molar refractivity (Wildman–Crippen MR) is 127 cm³/mol. The number of carbonyl (C=O) groups is 3. The molecule has 0 saturated carbocycles. The van der Waals surface area contributed by atoms with Gasteiger partial charge in [0.2, 0.25) is 11.8 Å².